The fourth-order valence-electron chi connectivity index (χ4n) is 2.20. The molecule has 20 heavy (non-hydrogen) atoms. The van der Waals surface area contributed by atoms with Crippen LogP contribution in [0.4, 0.5) is 5.82 Å². The lowest BCUT2D eigenvalue weighted by molar-refractivity contribution is 0.683. The van der Waals surface area contributed by atoms with Gasteiger partial charge in [0.25, 0.3) is 5.56 Å². The Morgan fingerprint density at radius 3 is 3.20 bits per heavy atom. The molecule has 0 spiro atoms. The van der Waals surface area contributed by atoms with Crippen LogP contribution in [0.5, 0.6) is 0 Å². The maximum absolute atomic E-state index is 11.4. The number of H-pyrrole nitrogens is 1. The number of hydrogen-bond acceptors (Lipinski definition) is 7. The zero-order valence-electron chi connectivity index (χ0n) is 10.7. The summed E-state index contributed by atoms with van der Waals surface area (Å²) in [5.74, 6) is 0.716. The molecule has 1 N–H and O–H groups in total. The van der Waals surface area contributed by atoms with Gasteiger partial charge in [0.15, 0.2) is 10.2 Å². The lowest BCUT2D eigenvalue weighted by atomic mass is 10.1. The molecule has 0 aliphatic carbocycles. The molecule has 1 aliphatic rings. The first-order chi connectivity index (χ1) is 9.71. The minimum absolute atomic E-state index is 0.200. The van der Waals surface area contributed by atoms with Gasteiger partial charge in [-0.25, -0.2) is 10.1 Å². The van der Waals surface area contributed by atoms with E-state index < -0.39 is 0 Å². The second-order valence-corrected chi connectivity index (χ2v) is 6.38. The van der Waals surface area contributed by atoms with E-state index in [0.29, 0.717) is 17.2 Å². The number of hydrogen-bond donors (Lipinski definition) is 1. The predicted molar refractivity (Wildman–Crippen MR) is 78.2 cm³/mol. The van der Waals surface area contributed by atoms with E-state index in [-0.39, 0.29) is 5.56 Å². The predicted octanol–water partition coefficient (Wildman–Crippen LogP) is 1.38. The van der Waals surface area contributed by atoms with Crippen LogP contribution in [0.2, 0.25) is 0 Å². The maximum Gasteiger partial charge on any atom is 0.264 e. The molecule has 102 valence electrons. The van der Waals surface area contributed by atoms with Gasteiger partial charge in [0.05, 0.1) is 5.69 Å². The van der Waals surface area contributed by atoms with Crippen LogP contribution in [0, 0.1) is 11.3 Å². The second-order valence-electron chi connectivity index (χ2n) is 4.32. The molecule has 1 aliphatic heterocycles. The van der Waals surface area contributed by atoms with Crippen molar-refractivity contribution in [1.82, 2.24) is 15.2 Å². The van der Waals surface area contributed by atoms with Crippen molar-refractivity contribution in [3.8, 4) is 6.07 Å². The number of aromatic amines is 1. The van der Waals surface area contributed by atoms with Crippen LogP contribution in [-0.2, 0) is 13.0 Å². The molecule has 2 aromatic heterocycles. The summed E-state index contributed by atoms with van der Waals surface area (Å²) < 4.78 is 0.881. The Bertz CT molecular complexity index is 745. The molecule has 3 rings (SSSR count). The Morgan fingerprint density at radius 1 is 1.60 bits per heavy atom. The van der Waals surface area contributed by atoms with Crippen LogP contribution in [0.25, 0.3) is 0 Å². The van der Waals surface area contributed by atoms with E-state index in [4.69, 9.17) is 0 Å². The molecule has 0 atom stereocenters. The molecule has 0 aromatic carbocycles. The molecule has 0 amide bonds. The molecule has 0 fully saturated rings. The van der Waals surface area contributed by atoms with Crippen LogP contribution in [0.3, 0.4) is 0 Å². The number of rotatable bonds is 2. The third-order valence-electron chi connectivity index (χ3n) is 3.12. The zero-order chi connectivity index (χ0) is 14.1. The number of nitrogens with one attached hydrogen (secondary N) is 1. The first-order valence-corrected chi connectivity index (χ1v) is 8.02. The molecule has 0 bridgehead atoms. The molecule has 0 radical (unpaired) electrons. The summed E-state index contributed by atoms with van der Waals surface area (Å²) in [5.41, 5.74) is 1.62. The Morgan fingerprint density at radius 2 is 2.45 bits per heavy atom. The molecule has 8 heteroatoms. The summed E-state index contributed by atoms with van der Waals surface area (Å²) in [4.78, 5) is 18.5. The topological polar surface area (TPSA) is 85.7 Å². The molecular formula is C12H11N5OS2. The van der Waals surface area contributed by atoms with Gasteiger partial charge in [0, 0.05) is 31.1 Å². The van der Waals surface area contributed by atoms with E-state index in [9.17, 15) is 10.1 Å². The van der Waals surface area contributed by atoms with Crippen molar-refractivity contribution in [3.05, 3.63) is 32.6 Å². The van der Waals surface area contributed by atoms with Gasteiger partial charge in [0.1, 0.15) is 10.9 Å². The van der Waals surface area contributed by atoms with Gasteiger partial charge in [-0.1, -0.05) is 23.1 Å². The van der Waals surface area contributed by atoms with E-state index in [1.54, 1.807) is 6.07 Å². The summed E-state index contributed by atoms with van der Waals surface area (Å²) in [5, 5.41) is 15.7. The molecule has 0 saturated heterocycles. The second kappa shape index (κ2) is 5.26. The summed E-state index contributed by atoms with van der Waals surface area (Å²) in [7, 11) is 0. The fourth-order valence-corrected chi connectivity index (χ4v) is 3.57. The number of aromatic nitrogens is 3. The number of anilines is 1. The van der Waals surface area contributed by atoms with Crippen LogP contribution < -0.4 is 10.5 Å². The standard InChI is InChI=1S/C12H11N5OS2/c1-19-12-14-11(9(5-13)20-12)17-3-2-8-7(6-17)4-10(18)16-15-8/h4H,2-3,6H2,1H3,(H,16,18). The first-order valence-electron chi connectivity index (χ1n) is 5.98. The highest BCUT2D eigenvalue weighted by molar-refractivity contribution is 8.00. The van der Waals surface area contributed by atoms with Crippen molar-refractivity contribution in [2.75, 3.05) is 17.7 Å². The average Bonchev–Trinajstić information content (AvgIpc) is 2.89. The van der Waals surface area contributed by atoms with Crippen LogP contribution >= 0.6 is 23.1 Å². The van der Waals surface area contributed by atoms with Crippen LogP contribution in [0.15, 0.2) is 15.2 Å². The average molecular weight is 305 g/mol. The van der Waals surface area contributed by atoms with Gasteiger partial charge in [-0.05, 0) is 6.26 Å². The third-order valence-corrected chi connectivity index (χ3v) is 5.06. The normalized spacial score (nSPS) is 13.9. The summed E-state index contributed by atoms with van der Waals surface area (Å²) >= 11 is 2.94. The maximum atomic E-state index is 11.4. The van der Waals surface area contributed by atoms with Gasteiger partial charge in [-0.15, -0.1) is 0 Å². The highest BCUT2D eigenvalue weighted by atomic mass is 32.2. The van der Waals surface area contributed by atoms with Gasteiger partial charge in [0.2, 0.25) is 0 Å². The summed E-state index contributed by atoms with van der Waals surface area (Å²) in [6, 6.07) is 3.77. The zero-order valence-corrected chi connectivity index (χ0v) is 12.3. The van der Waals surface area contributed by atoms with E-state index in [0.717, 1.165) is 28.6 Å². The van der Waals surface area contributed by atoms with Gasteiger partial charge in [-0.3, -0.25) is 4.79 Å². The lowest BCUT2D eigenvalue weighted by Crippen LogP contribution is -2.33. The van der Waals surface area contributed by atoms with Crippen LogP contribution in [-0.4, -0.2) is 28.0 Å². The van der Waals surface area contributed by atoms with Crippen molar-refractivity contribution >= 4 is 28.9 Å². The SMILES string of the molecule is CSc1nc(N2CCc3n[nH]c(=O)cc3C2)c(C#N)s1. The largest absolute Gasteiger partial charge is 0.350 e. The summed E-state index contributed by atoms with van der Waals surface area (Å²) in [6.07, 6.45) is 2.68. The van der Waals surface area contributed by atoms with Crippen molar-refractivity contribution in [2.45, 2.75) is 17.3 Å². The monoisotopic (exact) mass is 305 g/mol. The number of thioether (sulfide) groups is 1. The number of nitrogens with zero attached hydrogens (tertiary/aromatic N) is 4. The Labute approximate surface area is 123 Å². The fraction of sp³-hybridized carbons (Fsp3) is 0.333. The van der Waals surface area contributed by atoms with Crippen molar-refractivity contribution in [1.29, 1.82) is 5.26 Å². The van der Waals surface area contributed by atoms with E-state index in [1.807, 2.05) is 11.2 Å². The number of nitriles is 1. The Kier molecular flexibility index (Phi) is 3.46. The van der Waals surface area contributed by atoms with Gasteiger partial charge in [-0.2, -0.15) is 10.4 Å². The minimum Gasteiger partial charge on any atom is -0.350 e. The third kappa shape index (κ3) is 2.30. The molecule has 2 aromatic rings. The van der Waals surface area contributed by atoms with Crippen molar-refractivity contribution in [3.63, 3.8) is 0 Å². The van der Waals surface area contributed by atoms with E-state index >= 15 is 0 Å². The molecule has 6 nitrogen and oxygen atoms in total. The molecule has 0 saturated carbocycles. The van der Waals surface area contributed by atoms with Gasteiger partial charge < -0.3 is 4.90 Å². The van der Waals surface area contributed by atoms with Crippen molar-refractivity contribution < 1.29 is 0 Å². The van der Waals surface area contributed by atoms with E-state index in [2.05, 4.69) is 21.3 Å². The van der Waals surface area contributed by atoms with Gasteiger partial charge >= 0.3 is 0 Å². The quantitative estimate of drug-likeness (QED) is 0.844. The summed E-state index contributed by atoms with van der Waals surface area (Å²) in [6.45, 7) is 1.32. The minimum atomic E-state index is -0.200. The Balaban J connectivity index is 1.96. The molecule has 0 unspecified atom stereocenters. The smallest absolute Gasteiger partial charge is 0.264 e. The highest BCUT2D eigenvalue weighted by Crippen LogP contribution is 2.32. The lowest BCUT2D eigenvalue weighted by Gasteiger charge is -2.27. The number of fused-ring (bicyclic) bond motifs is 1. The molecule has 3 heterocycles. The van der Waals surface area contributed by atoms with Crippen molar-refractivity contribution in [2.24, 2.45) is 0 Å². The Hall–Kier alpha value is -1.85. The first kappa shape index (κ1) is 13.1. The molecular weight excluding hydrogens is 294 g/mol. The van der Waals surface area contributed by atoms with Crippen LogP contribution in [0.1, 0.15) is 16.1 Å². The highest BCUT2D eigenvalue weighted by Gasteiger charge is 2.23. The van der Waals surface area contributed by atoms with E-state index in [1.165, 1.54) is 23.1 Å². The number of thiazole rings is 1.